The van der Waals surface area contributed by atoms with Crippen LogP contribution in [0.5, 0.6) is 0 Å². The number of hydrogen-bond donors (Lipinski definition) is 1. The lowest BCUT2D eigenvalue weighted by Gasteiger charge is -2.29. The molecule has 20 heavy (non-hydrogen) atoms. The topological polar surface area (TPSA) is 54.2 Å². The number of nitrogens with one attached hydrogen (secondary N) is 1. The minimum absolute atomic E-state index is 0.563. The monoisotopic (exact) mass is 276 g/mol. The van der Waals surface area contributed by atoms with Crippen LogP contribution in [0.25, 0.3) is 0 Å². The number of piperidine rings is 1. The first kappa shape index (κ1) is 12.8. The standard InChI is InChI=1S/C15H24N4O/c1-2-11(8-16-7-1)9-19(13-5-6-13)10-14-17-15(20-18-14)12-3-4-12/h11-13,16H,1-10H2. The zero-order valence-electron chi connectivity index (χ0n) is 12.1. The Bertz CT molecular complexity index is 446. The molecule has 1 aromatic heterocycles. The second-order valence-electron chi connectivity index (χ2n) is 6.70. The van der Waals surface area contributed by atoms with Gasteiger partial charge in [0.1, 0.15) is 0 Å². The number of hydrogen-bond acceptors (Lipinski definition) is 5. The average molecular weight is 276 g/mol. The number of nitrogens with zero attached hydrogens (tertiary/aromatic N) is 3. The predicted octanol–water partition coefficient (Wildman–Crippen LogP) is 1.91. The SMILES string of the molecule is C1CNCC(CN(Cc2noc(C3CC3)n2)C2CC2)C1. The van der Waals surface area contributed by atoms with Gasteiger partial charge >= 0.3 is 0 Å². The maximum Gasteiger partial charge on any atom is 0.229 e. The molecule has 1 atom stereocenters. The molecule has 0 amide bonds. The lowest BCUT2D eigenvalue weighted by molar-refractivity contribution is 0.187. The third-order valence-electron chi connectivity index (χ3n) is 4.71. The van der Waals surface area contributed by atoms with E-state index < -0.39 is 0 Å². The summed E-state index contributed by atoms with van der Waals surface area (Å²) in [7, 11) is 0. The van der Waals surface area contributed by atoms with Gasteiger partial charge < -0.3 is 9.84 Å². The van der Waals surface area contributed by atoms with Crippen LogP contribution >= 0.6 is 0 Å². The van der Waals surface area contributed by atoms with Crippen molar-refractivity contribution < 1.29 is 4.52 Å². The average Bonchev–Trinajstić information content (AvgIpc) is 3.39. The van der Waals surface area contributed by atoms with Crippen molar-refractivity contribution >= 4 is 0 Å². The molecular weight excluding hydrogens is 252 g/mol. The molecule has 4 rings (SSSR count). The summed E-state index contributed by atoms with van der Waals surface area (Å²) in [5.41, 5.74) is 0. The quantitative estimate of drug-likeness (QED) is 0.860. The van der Waals surface area contributed by atoms with Crippen molar-refractivity contribution in [2.24, 2.45) is 5.92 Å². The van der Waals surface area contributed by atoms with Crippen molar-refractivity contribution in [3.05, 3.63) is 11.7 Å². The van der Waals surface area contributed by atoms with Crippen LogP contribution in [0.2, 0.25) is 0 Å². The van der Waals surface area contributed by atoms with E-state index in [1.807, 2.05) is 0 Å². The van der Waals surface area contributed by atoms with Gasteiger partial charge in [0.05, 0.1) is 6.54 Å². The molecule has 1 aliphatic heterocycles. The number of aromatic nitrogens is 2. The van der Waals surface area contributed by atoms with Crippen molar-refractivity contribution in [2.45, 2.75) is 57.0 Å². The smallest absolute Gasteiger partial charge is 0.229 e. The van der Waals surface area contributed by atoms with Crippen LogP contribution < -0.4 is 5.32 Å². The van der Waals surface area contributed by atoms with Gasteiger partial charge in [-0.15, -0.1) is 0 Å². The molecule has 5 heteroatoms. The predicted molar refractivity (Wildman–Crippen MR) is 75.3 cm³/mol. The molecule has 1 aromatic rings. The van der Waals surface area contributed by atoms with Crippen LogP contribution in [0.1, 0.15) is 56.2 Å². The summed E-state index contributed by atoms with van der Waals surface area (Å²) >= 11 is 0. The van der Waals surface area contributed by atoms with Crippen LogP contribution in [-0.2, 0) is 6.54 Å². The molecule has 110 valence electrons. The lowest BCUT2D eigenvalue weighted by Crippen LogP contribution is -2.39. The third kappa shape index (κ3) is 3.04. The summed E-state index contributed by atoms with van der Waals surface area (Å²) in [4.78, 5) is 7.16. The Kier molecular flexibility index (Phi) is 3.48. The van der Waals surface area contributed by atoms with E-state index in [1.165, 1.54) is 58.2 Å². The fraction of sp³-hybridized carbons (Fsp3) is 0.867. The molecule has 0 bridgehead atoms. The fourth-order valence-electron chi connectivity index (χ4n) is 3.20. The Labute approximate surface area is 120 Å². The first-order valence-electron chi connectivity index (χ1n) is 8.16. The van der Waals surface area contributed by atoms with Gasteiger partial charge in [-0.3, -0.25) is 4.90 Å². The van der Waals surface area contributed by atoms with Crippen LogP contribution in [0.15, 0.2) is 4.52 Å². The first-order chi connectivity index (χ1) is 9.88. The van der Waals surface area contributed by atoms with Crippen LogP contribution in [-0.4, -0.2) is 40.7 Å². The van der Waals surface area contributed by atoms with Gasteiger partial charge in [-0.25, -0.2) is 0 Å². The Morgan fingerprint density at radius 1 is 1.20 bits per heavy atom. The Hall–Kier alpha value is -0.940. The van der Waals surface area contributed by atoms with E-state index in [9.17, 15) is 0 Å². The van der Waals surface area contributed by atoms with Crippen molar-refractivity contribution in [1.29, 1.82) is 0 Å². The molecule has 2 aliphatic carbocycles. The van der Waals surface area contributed by atoms with Gasteiger partial charge in [-0.1, -0.05) is 5.16 Å². The molecule has 0 aromatic carbocycles. The molecule has 2 heterocycles. The lowest BCUT2D eigenvalue weighted by atomic mass is 9.99. The fourth-order valence-corrected chi connectivity index (χ4v) is 3.20. The Balaban J connectivity index is 1.37. The second-order valence-corrected chi connectivity index (χ2v) is 6.70. The Morgan fingerprint density at radius 2 is 2.10 bits per heavy atom. The van der Waals surface area contributed by atoms with Crippen LogP contribution in [0, 0.1) is 5.92 Å². The van der Waals surface area contributed by atoms with E-state index >= 15 is 0 Å². The highest BCUT2D eigenvalue weighted by Gasteiger charge is 2.33. The molecule has 0 spiro atoms. The summed E-state index contributed by atoms with van der Waals surface area (Å²) in [5, 5.41) is 7.69. The zero-order valence-corrected chi connectivity index (χ0v) is 12.1. The largest absolute Gasteiger partial charge is 0.339 e. The molecule has 1 saturated heterocycles. The van der Waals surface area contributed by atoms with Gasteiger partial charge in [0.2, 0.25) is 5.89 Å². The van der Waals surface area contributed by atoms with Gasteiger partial charge in [0.25, 0.3) is 0 Å². The van der Waals surface area contributed by atoms with E-state index in [4.69, 9.17) is 4.52 Å². The molecule has 5 nitrogen and oxygen atoms in total. The van der Waals surface area contributed by atoms with E-state index in [0.717, 1.165) is 30.2 Å². The molecule has 2 saturated carbocycles. The minimum atomic E-state index is 0.563. The highest BCUT2D eigenvalue weighted by Crippen LogP contribution is 2.39. The highest BCUT2D eigenvalue weighted by molar-refractivity contribution is 5.02. The molecule has 1 unspecified atom stereocenters. The summed E-state index contributed by atoms with van der Waals surface area (Å²) in [6, 6.07) is 0.764. The maximum atomic E-state index is 5.38. The van der Waals surface area contributed by atoms with Gasteiger partial charge in [-0.05, 0) is 57.5 Å². The van der Waals surface area contributed by atoms with Crippen molar-refractivity contribution in [2.75, 3.05) is 19.6 Å². The van der Waals surface area contributed by atoms with E-state index in [0.29, 0.717) is 5.92 Å². The normalized spacial score (nSPS) is 27.1. The maximum absolute atomic E-state index is 5.38. The van der Waals surface area contributed by atoms with Crippen molar-refractivity contribution in [1.82, 2.24) is 20.4 Å². The summed E-state index contributed by atoms with van der Waals surface area (Å²) in [5.74, 6) is 3.12. The second kappa shape index (κ2) is 5.45. The summed E-state index contributed by atoms with van der Waals surface area (Å²) in [6.45, 7) is 4.42. The van der Waals surface area contributed by atoms with Crippen LogP contribution in [0.4, 0.5) is 0 Å². The number of rotatable bonds is 6. The minimum Gasteiger partial charge on any atom is -0.339 e. The molecule has 3 aliphatic rings. The van der Waals surface area contributed by atoms with Gasteiger partial charge in [0.15, 0.2) is 5.82 Å². The van der Waals surface area contributed by atoms with E-state index in [1.54, 1.807) is 0 Å². The van der Waals surface area contributed by atoms with E-state index in [-0.39, 0.29) is 0 Å². The van der Waals surface area contributed by atoms with Gasteiger partial charge in [-0.2, -0.15) is 4.98 Å². The molecular formula is C15H24N4O. The third-order valence-corrected chi connectivity index (χ3v) is 4.71. The zero-order chi connectivity index (χ0) is 13.4. The van der Waals surface area contributed by atoms with E-state index in [2.05, 4.69) is 20.4 Å². The molecule has 0 radical (unpaired) electrons. The van der Waals surface area contributed by atoms with Crippen LogP contribution in [0.3, 0.4) is 0 Å². The molecule has 1 N–H and O–H groups in total. The highest BCUT2D eigenvalue weighted by atomic mass is 16.5. The van der Waals surface area contributed by atoms with Crippen molar-refractivity contribution in [3.63, 3.8) is 0 Å². The Morgan fingerprint density at radius 3 is 2.80 bits per heavy atom. The molecule has 3 fully saturated rings. The summed E-state index contributed by atoms with van der Waals surface area (Å²) < 4.78 is 5.38. The van der Waals surface area contributed by atoms with Crippen molar-refractivity contribution in [3.8, 4) is 0 Å². The van der Waals surface area contributed by atoms with Gasteiger partial charge in [0, 0.05) is 18.5 Å². The summed E-state index contributed by atoms with van der Waals surface area (Å²) in [6.07, 6.45) is 7.80. The first-order valence-corrected chi connectivity index (χ1v) is 8.16.